The molecule has 0 radical (unpaired) electrons. The van der Waals surface area contributed by atoms with Gasteiger partial charge in [-0.15, -0.1) is 0 Å². The molecular formula is C23H26N2O4S. The Balaban J connectivity index is 1.80. The predicted octanol–water partition coefficient (Wildman–Crippen LogP) is 4.46. The molecule has 2 aromatic carbocycles. The van der Waals surface area contributed by atoms with Crippen LogP contribution in [0.15, 0.2) is 52.3 Å². The lowest BCUT2D eigenvalue weighted by atomic mass is 9.97. The smallest absolute Gasteiger partial charge is 0.410 e. The van der Waals surface area contributed by atoms with E-state index in [0.717, 1.165) is 12.0 Å². The topological polar surface area (TPSA) is 85.6 Å². The molecule has 0 spiro atoms. The third-order valence-corrected chi connectivity index (χ3v) is 6.34. The van der Waals surface area contributed by atoms with Gasteiger partial charge in [-0.3, -0.25) is 0 Å². The van der Waals surface area contributed by atoms with Crippen LogP contribution in [0.3, 0.4) is 0 Å². The molecule has 7 heteroatoms. The molecule has 158 valence electrons. The molecule has 0 saturated carbocycles. The van der Waals surface area contributed by atoms with Gasteiger partial charge in [0.2, 0.25) is 0 Å². The zero-order chi connectivity index (χ0) is 21.9. The fraction of sp³-hybridized carbons (Fsp3) is 0.391. The Morgan fingerprint density at radius 3 is 2.67 bits per heavy atom. The zero-order valence-corrected chi connectivity index (χ0v) is 18.5. The van der Waals surface area contributed by atoms with Crippen molar-refractivity contribution >= 4 is 17.3 Å². The van der Waals surface area contributed by atoms with Crippen molar-refractivity contribution in [3.8, 4) is 11.8 Å². The van der Waals surface area contributed by atoms with E-state index in [0.29, 0.717) is 34.2 Å². The number of nitrogens with zero attached hydrogens (tertiary/aromatic N) is 2. The summed E-state index contributed by atoms with van der Waals surface area (Å²) in [5.41, 5.74) is 0.832. The SMILES string of the molecule is COc1cc([S+]([O-])c2ccccc2C#N)ccc1C1CCN(C(=O)OC(C)(C)C)C1. The minimum atomic E-state index is -1.49. The van der Waals surface area contributed by atoms with Crippen LogP contribution in [0.2, 0.25) is 0 Å². The molecule has 0 aliphatic carbocycles. The maximum Gasteiger partial charge on any atom is 0.410 e. The van der Waals surface area contributed by atoms with E-state index in [1.54, 1.807) is 48.4 Å². The van der Waals surface area contributed by atoms with Crippen molar-refractivity contribution in [3.63, 3.8) is 0 Å². The van der Waals surface area contributed by atoms with Crippen LogP contribution in [0.1, 0.15) is 44.2 Å². The summed E-state index contributed by atoms with van der Waals surface area (Å²) >= 11 is -1.49. The number of methoxy groups -OCH3 is 1. The second-order valence-corrected chi connectivity index (χ2v) is 9.64. The average Bonchev–Trinajstić information content (AvgIpc) is 3.21. The highest BCUT2D eigenvalue weighted by molar-refractivity contribution is 7.91. The number of nitriles is 1. The molecule has 2 unspecified atom stereocenters. The van der Waals surface area contributed by atoms with Crippen LogP contribution in [0.5, 0.6) is 5.75 Å². The first kappa shape index (κ1) is 22.0. The van der Waals surface area contributed by atoms with Gasteiger partial charge in [0.25, 0.3) is 0 Å². The molecule has 30 heavy (non-hydrogen) atoms. The summed E-state index contributed by atoms with van der Waals surface area (Å²) in [7, 11) is 1.58. The number of rotatable bonds is 4. The largest absolute Gasteiger partial charge is 0.606 e. The maximum absolute atomic E-state index is 13.0. The third kappa shape index (κ3) is 4.89. The molecule has 3 rings (SSSR count). The van der Waals surface area contributed by atoms with Crippen LogP contribution < -0.4 is 4.74 Å². The summed E-state index contributed by atoms with van der Waals surface area (Å²) in [4.78, 5) is 15.1. The Morgan fingerprint density at radius 1 is 1.27 bits per heavy atom. The van der Waals surface area contributed by atoms with Crippen LogP contribution in [0.25, 0.3) is 0 Å². The Hall–Kier alpha value is -2.69. The van der Waals surface area contributed by atoms with Gasteiger partial charge in [0.15, 0.2) is 9.79 Å². The van der Waals surface area contributed by atoms with E-state index >= 15 is 0 Å². The standard InChI is InChI=1S/C23H26N2O4S/c1-23(2,3)29-22(26)25-12-11-17(15-25)19-10-9-18(13-20(19)28-4)30(27)21-8-6-5-7-16(21)14-24/h5-10,13,17H,11-12,15H2,1-4H3. The summed E-state index contributed by atoms with van der Waals surface area (Å²) < 4.78 is 24.1. The van der Waals surface area contributed by atoms with Crippen LogP contribution in [0.4, 0.5) is 4.79 Å². The number of hydrogen-bond acceptors (Lipinski definition) is 5. The normalized spacial score (nSPS) is 17.3. The highest BCUT2D eigenvalue weighted by Gasteiger charge is 2.32. The molecule has 1 amide bonds. The summed E-state index contributed by atoms with van der Waals surface area (Å²) in [6.07, 6.45) is 0.491. The van der Waals surface area contributed by atoms with E-state index in [1.165, 1.54) is 0 Å². The fourth-order valence-corrected chi connectivity index (χ4v) is 4.67. The fourth-order valence-electron chi connectivity index (χ4n) is 3.50. The van der Waals surface area contributed by atoms with Gasteiger partial charge in [-0.25, -0.2) is 4.79 Å². The van der Waals surface area contributed by atoms with Crippen LogP contribution >= 0.6 is 0 Å². The van der Waals surface area contributed by atoms with Gasteiger partial charge in [0.1, 0.15) is 23.0 Å². The number of hydrogen-bond donors (Lipinski definition) is 0. The highest BCUT2D eigenvalue weighted by Crippen LogP contribution is 2.36. The first-order valence-corrected chi connectivity index (χ1v) is 10.9. The molecule has 0 aromatic heterocycles. The number of likely N-dealkylation sites (tertiary alicyclic amines) is 1. The van der Waals surface area contributed by atoms with Gasteiger partial charge in [-0.05, 0) is 57.0 Å². The highest BCUT2D eigenvalue weighted by atomic mass is 32.2. The van der Waals surface area contributed by atoms with Crippen molar-refractivity contribution < 1.29 is 18.8 Å². The van der Waals surface area contributed by atoms with Gasteiger partial charge < -0.3 is 18.9 Å². The van der Waals surface area contributed by atoms with Gasteiger partial charge >= 0.3 is 6.09 Å². The van der Waals surface area contributed by atoms with Gasteiger partial charge in [-0.2, -0.15) is 5.26 Å². The Kier molecular flexibility index (Phi) is 6.59. The second kappa shape index (κ2) is 8.99. The quantitative estimate of drug-likeness (QED) is 0.674. The number of ether oxygens (including phenoxy) is 2. The summed E-state index contributed by atoms with van der Waals surface area (Å²) in [5, 5.41) is 9.29. The average molecular weight is 427 g/mol. The van der Waals surface area contributed by atoms with E-state index in [-0.39, 0.29) is 12.0 Å². The van der Waals surface area contributed by atoms with Crippen molar-refractivity contribution in [2.45, 2.75) is 48.5 Å². The molecule has 0 bridgehead atoms. The lowest BCUT2D eigenvalue weighted by molar-refractivity contribution is 0.0292. The predicted molar refractivity (Wildman–Crippen MR) is 114 cm³/mol. The summed E-state index contributed by atoms with van der Waals surface area (Å²) in [6, 6.07) is 14.4. The molecule has 1 fully saturated rings. The molecular weight excluding hydrogens is 400 g/mol. The molecule has 1 aliphatic rings. The van der Waals surface area contributed by atoms with Crippen molar-refractivity contribution in [2.75, 3.05) is 20.2 Å². The van der Waals surface area contributed by atoms with Gasteiger partial charge in [-0.1, -0.05) is 12.1 Å². The van der Waals surface area contributed by atoms with Crippen LogP contribution in [-0.2, 0) is 15.9 Å². The van der Waals surface area contributed by atoms with Crippen molar-refractivity contribution in [1.82, 2.24) is 4.90 Å². The third-order valence-electron chi connectivity index (χ3n) is 4.91. The molecule has 1 saturated heterocycles. The minimum absolute atomic E-state index is 0.112. The van der Waals surface area contributed by atoms with Crippen molar-refractivity contribution in [3.05, 3.63) is 53.6 Å². The van der Waals surface area contributed by atoms with E-state index in [4.69, 9.17) is 9.47 Å². The van der Waals surface area contributed by atoms with Gasteiger partial charge in [0, 0.05) is 36.2 Å². The van der Waals surface area contributed by atoms with Crippen molar-refractivity contribution in [1.29, 1.82) is 5.26 Å². The van der Waals surface area contributed by atoms with Gasteiger partial charge in [0.05, 0.1) is 7.11 Å². The minimum Gasteiger partial charge on any atom is -0.606 e. The number of amides is 1. The molecule has 6 nitrogen and oxygen atoms in total. The monoisotopic (exact) mass is 426 g/mol. The van der Waals surface area contributed by atoms with E-state index in [2.05, 4.69) is 6.07 Å². The van der Waals surface area contributed by atoms with Crippen molar-refractivity contribution in [2.24, 2.45) is 0 Å². The van der Waals surface area contributed by atoms with E-state index < -0.39 is 16.8 Å². The molecule has 2 aromatic rings. The second-order valence-electron chi connectivity index (χ2n) is 8.19. The summed E-state index contributed by atoms with van der Waals surface area (Å²) in [5.74, 6) is 0.743. The van der Waals surface area contributed by atoms with Crippen LogP contribution in [-0.4, -0.2) is 41.3 Å². The lowest BCUT2D eigenvalue weighted by Crippen LogP contribution is -2.35. The summed E-state index contributed by atoms with van der Waals surface area (Å²) in [6.45, 7) is 6.72. The lowest BCUT2D eigenvalue weighted by Gasteiger charge is -2.24. The number of carbonyl (C=O) groups excluding carboxylic acids is 1. The molecule has 1 aliphatic heterocycles. The Morgan fingerprint density at radius 2 is 2.00 bits per heavy atom. The Bertz CT molecular complexity index is 964. The molecule has 2 atom stereocenters. The first-order chi connectivity index (χ1) is 14.2. The zero-order valence-electron chi connectivity index (χ0n) is 17.7. The maximum atomic E-state index is 13.0. The molecule has 0 N–H and O–H groups in total. The van der Waals surface area contributed by atoms with E-state index in [9.17, 15) is 14.6 Å². The Labute approximate surface area is 180 Å². The molecule has 1 heterocycles. The number of carbonyl (C=O) groups is 1. The number of benzene rings is 2. The van der Waals surface area contributed by atoms with Crippen LogP contribution in [0, 0.1) is 11.3 Å². The first-order valence-electron chi connectivity index (χ1n) is 9.80. The van der Waals surface area contributed by atoms with E-state index in [1.807, 2.05) is 26.8 Å².